The van der Waals surface area contributed by atoms with Crippen LogP contribution < -0.4 is 16.6 Å². The van der Waals surface area contributed by atoms with E-state index in [0.717, 1.165) is 30.0 Å². The van der Waals surface area contributed by atoms with Crippen molar-refractivity contribution < 1.29 is 27.5 Å². The smallest absolute Gasteiger partial charge is 0.416 e. The van der Waals surface area contributed by atoms with Gasteiger partial charge in [-0.25, -0.2) is 0 Å². The molecule has 0 aliphatic heterocycles. The maximum Gasteiger partial charge on any atom is 0.416 e. The molecule has 3 rings (SSSR count). The van der Waals surface area contributed by atoms with E-state index in [1.165, 1.54) is 22.3 Å². The van der Waals surface area contributed by atoms with E-state index in [1.807, 2.05) is 13.8 Å². The Labute approximate surface area is 258 Å². The lowest BCUT2D eigenvalue weighted by Crippen LogP contribution is -2.36. The second-order valence-electron chi connectivity index (χ2n) is 13.0. The predicted molar refractivity (Wildman–Crippen MR) is 166 cm³/mol. The number of nitrogens with two attached hydrogens (primary N) is 1. The van der Waals surface area contributed by atoms with Gasteiger partial charge >= 0.3 is 12.1 Å². The SMILES string of the molecule is CCOC(=O)CCC(CC1(CNCCc2cn(C(CC(C)C)C(N)=O)c(=O)cc2C(F)(F)F)CC1)c1c(C)cc(C)cc1C. The van der Waals surface area contributed by atoms with Gasteiger partial charge in [0.05, 0.1) is 12.2 Å². The van der Waals surface area contributed by atoms with Crippen molar-refractivity contribution >= 4 is 11.9 Å². The number of ether oxygens (including phenoxy) is 1. The van der Waals surface area contributed by atoms with Crippen LogP contribution in [0.25, 0.3) is 0 Å². The van der Waals surface area contributed by atoms with Crippen molar-refractivity contribution in [1.29, 1.82) is 0 Å². The Balaban J connectivity index is 1.77. The van der Waals surface area contributed by atoms with E-state index >= 15 is 0 Å². The van der Waals surface area contributed by atoms with E-state index in [9.17, 15) is 27.6 Å². The number of aryl methyl sites for hydroxylation is 3. The Hall–Kier alpha value is -3.14. The molecule has 0 bridgehead atoms. The van der Waals surface area contributed by atoms with Gasteiger partial charge in [0.25, 0.3) is 5.56 Å². The number of alkyl halides is 3. The molecule has 2 unspecified atom stereocenters. The first-order valence-electron chi connectivity index (χ1n) is 15.6. The van der Waals surface area contributed by atoms with Gasteiger partial charge in [-0.1, -0.05) is 31.5 Å². The van der Waals surface area contributed by atoms with Gasteiger partial charge in [-0.15, -0.1) is 0 Å². The lowest BCUT2D eigenvalue weighted by molar-refractivity contribution is -0.143. The normalized spacial score (nSPS) is 15.7. The molecule has 0 radical (unpaired) electrons. The maximum absolute atomic E-state index is 13.9. The number of primary amides is 1. The molecule has 1 aromatic carbocycles. The van der Waals surface area contributed by atoms with Crippen LogP contribution in [-0.4, -0.2) is 36.1 Å². The molecule has 1 aliphatic rings. The molecule has 0 saturated heterocycles. The Morgan fingerprint density at radius 1 is 1.11 bits per heavy atom. The summed E-state index contributed by atoms with van der Waals surface area (Å²) >= 11 is 0. The van der Waals surface area contributed by atoms with Crippen molar-refractivity contribution in [1.82, 2.24) is 9.88 Å². The number of hydrogen-bond acceptors (Lipinski definition) is 5. The van der Waals surface area contributed by atoms with Gasteiger partial charge in [0, 0.05) is 25.2 Å². The third-order valence-corrected chi connectivity index (χ3v) is 8.68. The van der Waals surface area contributed by atoms with E-state index in [0.29, 0.717) is 32.1 Å². The number of carbonyl (C=O) groups excluding carboxylic acids is 2. The van der Waals surface area contributed by atoms with Crippen LogP contribution in [0.2, 0.25) is 0 Å². The first kappa shape index (κ1) is 35.3. The number of rotatable bonds is 16. The van der Waals surface area contributed by atoms with Crippen LogP contribution in [0.1, 0.15) is 105 Å². The maximum atomic E-state index is 13.9. The fourth-order valence-electron chi connectivity index (χ4n) is 6.55. The summed E-state index contributed by atoms with van der Waals surface area (Å²) in [6.45, 7) is 13.0. The summed E-state index contributed by atoms with van der Waals surface area (Å²) in [5.41, 5.74) is 8.43. The zero-order valence-electron chi connectivity index (χ0n) is 26.9. The lowest BCUT2D eigenvalue weighted by atomic mass is 9.79. The number of esters is 1. The molecular formula is C34H48F3N3O4. The highest BCUT2D eigenvalue weighted by Gasteiger charge is 2.44. The third kappa shape index (κ3) is 9.43. The topological polar surface area (TPSA) is 103 Å². The largest absolute Gasteiger partial charge is 0.466 e. The Morgan fingerprint density at radius 3 is 2.27 bits per heavy atom. The van der Waals surface area contributed by atoms with Gasteiger partial charge in [-0.2, -0.15) is 13.2 Å². The Bertz CT molecular complexity index is 1360. The average Bonchev–Trinajstić information content (AvgIpc) is 3.67. The highest BCUT2D eigenvalue weighted by atomic mass is 19.4. The zero-order chi connectivity index (χ0) is 32.8. The Kier molecular flexibility index (Phi) is 11.9. The monoisotopic (exact) mass is 619 g/mol. The second kappa shape index (κ2) is 14.8. The minimum Gasteiger partial charge on any atom is -0.466 e. The van der Waals surface area contributed by atoms with Gasteiger partial charge in [0.1, 0.15) is 6.04 Å². The molecule has 1 heterocycles. The quantitative estimate of drug-likeness (QED) is 0.170. The third-order valence-electron chi connectivity index (χ3n) is 8.68. The number of amides is 1. The molecule has 1 amide bonds. The minimum absolute atomic E-state index is 0.00939. The number of nitrogens with zero attached hydrogens (tertiary/aromatic N) is 1. The standard InChI is InChI=1S/C34H48F3N3O4/c1-7-44-30(42)9-8-25(31-23(5)15-22(4)16-24(31)6)18-33(11-12-33)20-39-13-10-26-19-40(28(32(38)43)14-21(2)3)29(41)17-27(26)34(35,36)37/h15-17,19,21,25,28,39H,7-14,18,20H2,1-6H3,(H2,38,43). The molecule has 2 atom stereocenters. The summed E-state index contributed by atoms with van der Waals surface area (Å²) < 4.78 is 48.0. The van der Waals surface area contributed by atoms with Crippen LogP contribution in [-0.2, 0) is 26.9 Å². The molecule has 244 valence electrons. The summed E-state index contributed by atoms with van der Waals surface area (Å²) in [4.78, 5) is 37.0. The van der Waals surface area contributed by atoms with E-state index in [2.05, 4.69) is 38.2 Å². The number of carbonyl (C=O) groups is 2. The van der Waals surface area contributed by atoms with Crippen molar-refractivity contribution in [2.75, 3.05) is 19.7 Å². The van der Waals surface area contributed by atoms with Gasteiger partial charge in [-0.3, -0.25) is 14.4 Å². The van der Waals surface area contributed by atoms with Gasteiger partial charge in [0.2, 0.25) is 5.91 Å². The van der Waals surface area contributed by atoms with Crippen molar-refractivity contribution in [2.24, 2.45) is 17.1 Å². The summed E-state index contributed by atoms with van der Waals surface area (Å²) in [6, 6.07) is 3.89. The van der Waals surface area contributed by atoms with Crippen molar-refractivity contribution in [3.63, 3.8) is 0 Å². The molecule has 1 aromatic heterocycles. The first-order chi connectivity index (χ1) is 20.6. The molecule has 1 fully saturated rings. The minimum atomic E-state index is -4.71. The fraction of sp³-hybridized carbons (Fsp3) is 0.618. The van der Waals surface area contributed by atoms with Gasteiger partial charge < -0.3 is 20.4 Å². The molecule has 2 aromatic rings. The summed E-state index contributed by atoms with van der Waals surface area (Å²) in [7, 11) is 0. The molecule has 1 aliphatic carbocycles. The first-order valence-corrected chi connectivity index (χ1v) is 15.6. The highest BCUT2D eigenvalue weighted by molar-refractivity contribution is 5.78. The van der Waals surface area contributed by atoms with Crippen molar-refractivity contribution in [3.8, 4) is 0 Å². The van der Waals surface area contributed by atoms with E-state index in [4.69, 9.17) is 10.5 Å². The van der Waals surface area contributed by atoms with Crippen molar-refractivity contribution in [3.05, 3.63) is 68.1 Å². The molecule has 1 saturated carbocycles. The number of benzene rings is 1. The molecule has 44 heavy (non-hydrogen) atoms. The van der Waals surface area contributed by atoms with Crippen molar-refractivity contribution in [2.45, 2.75) is 105 Å². The van der Waals surface area contributed by atoms with Crippen LogP contribution in [0.4, 0.5) is 13.2 Å². The van der Waals surface area contributed by atoms with Crippen LogP contribution in [0.15, 0.2) is 29.2 Å². The average molecular weight is 620 g/mol. The van der Waals surface area contributed by atoms with E-state index in [-0.39, 0.29) is 48.2 Å². The lowest BCUT2D eigenvalue weighted by Gasteiger charge is -2.27. The van der Waals surface area contributed by atoms with Crippen LogP contribution in [0, 0.1) is 32.1 Å². The molecule has 10 heteroatoms. The molecular weight excluding hydrogens is 571 g/mol. The molecule has 7 nitrogen and oxygen atoms in total. The molecule has 0 spiro atoms. The van der Waals surface area contributed by atoms with Gasteiger partial charge in [-0.05, 0) is 112 Å². The van der Waals surface area contributed by atoms with Crippen LogP contribution >= 0.6 is 0 Å². The number of hydrogen-bond donors (Lipinski definition) is 2. The van der Waals surface area contributed by atoms with Crippen LogP contribution in [0.5, 0.6) is 0 Å². The highest BCUT2D eigenvalue weighted by Crippen LogP contribution is 2.53. The number of pyridine rings is 1. The number of halogens is 3. The second-order valence-corrected chi connectivity index (χ2v) is 13.0. The summed E-state index contributed by atoms with van der Waals surface area (Å²) in [6.07, 6.45) is 0.569. The molecule has 3 N–H and O–H groups in total. The summed E-state index contributed by atoms with van der Waals surface area (Å²) in [5.74, 6) is -0.805. The van der Waals surface area contributed by atoms with E-state index < -0.39 is 29.2 Å². The number of aromatic nitrogens is 1. The van der Waals surface area contributed by atoms with E-state index in [1.54, 1.807) is 6.92 Å². The fourth-order valence-corrected chi connectivity index (χ4v) is 6.55. The predicted octanol–water partition coefficient (Wildman–Crippen LogP) is 6.29. The van der Waals surface area contributed by atoms with Gasteiger partial charge in [0.15, 0.2) is 0 Å². The summed E-state index contributed by atoms with van der Waals surface area (Å²) in [5, 5.41) is 3.38. The number of nitrogens with one attached hydrogen (secondary N) is 1. The Morgan fingerprint density at radius 2 is 1.75 bits per heavy atom. The van der Waals surface area contributed by atoms with Crippen LogP contribution in [0.3, 0.4) is 0 Å². The zero-order valence-corrected chi connectivity index (χ0v) is 26.9.